The first kappa shape index (κ1) is 19.0. The number of carbonyl (C=O) groups is 2. The average molecular weight is 398 g/mol. The Labute approximate surface area is 166 Å². The van der Waals surface area contributed by atoms with Crippen molar-refractivity contribution >= 4 is 40.9 Å². The van der Waals surface area contributed by atoms with Gasteiger partial charge in [-0.2, -0.15) is 5.26 Å². The fourth-order valence-corrected chi connectivity index (χ4v) is 4.38. The molecule has 2 aromatic rings. The lowest BCUT2D eigenvalue weighted by Gasteiger charge is -2.18. The summed E-state index contributed by atoms with van der Waals surface area (Å²) in [5.41, 5.74) is 7.53. The van der Waals surface area contributed by atoms with Crippen molar-refractivity contribution in [1.29, 1.82) is 5.26 Å². The predicted molar refractivity (Wildman–Crippen MR) is 107 cm³/mol. The second-order valence-corrected chi connectivity index (χ2v) is 7.67. The molecule has 1 aliphatic heterocycles. The van der Waals surface area contributed by atoms with Crippen molar-refractivity contribution in [3.63, 3.8) is 0 Å². The van der Waals surface area contributed by atoms with Crippen LogP contribution in [0.4, 0.5) is 5.69 Å². The molecular formula is C20H16ClN3O2S. The summed E-state index contributed by atoms with van der Waals surface area (Å²) in [6.45, 7) is 1.90. The number of rotatable bonds is 4. The zero-order valence-corrected chi connectivity index (χ0v) is 16.1. The summed E-state index contributed by atoms with van der Waals surface area (Å²) in [5.74, 6) is -1.07. The van der Waals surface area contributed by atoms with E-state index in [1.165, 1.54) is 16.7 Å². The number of nitrogens with zero attached hydrogens (tertiary/aromatic N) is 2. The van der Waals surface area contributed by atoms with E-state index in [0.717, 1.165) is 11.1 Å². The molecule has 136 valence electrons. The van der Waals surface area contributed by atoms with E-state index in [2.05, 4.69) is 0 Å². The molecule has 2 aromatic carbocycles. The molecule has 2 N–H and O–H groups in total. The molecular weight excluding hydrogens is 382 g/mol. The van der Waals surface area contributed by atoms with Gasteiger partial charge in [-0.15, -0.1) is 0 Å². The van der Waals surface area contributed by atoms with E-state index in [1.54, 1.807) is 12.1 Å². The fourth-order valence-electron chi connectivity index (χ4n) is 2.87. The Kier molecular flexibility index (Phi) is 5.54. The molecule has 0 aliphatic carbocycles. The molecule has 7 heteroatoms. The van der Waals surface area contributed by atoms with Crippen molar-refractivity contribution in [2.75, 3.05) is 4.90 Å². The van der Waals surface area contributed by atoms with Crippen LogP contribution in [0.3, 0.4) is 0 Å². The van der Waals surface area contributed by atoms with Crippen LogP contribution in [0, 0.1) is 18.3 Å². The molecule has 0 bridgehead atoms. The second kappa shape index (κ2) is 7.87. The number of nitriles is 1. The molecule has 2 amide bonds. The van der Waals surface area contributed by atoms with Gasteiger partial charge in [0.25, 0.3) is 5.91 Å². The molecule has 0 radical (unpaired) electrons. The highest BCUT2D eigenvalue weighted by atomic mass is 35.5. The highest BCUT2D eigenvalue weighted by Crippen LogP contribution is 2.42. The number of nitrogens with two attached hydrogens (primary N) is 1. The van der Waals surface area contributed by atoms with E-state index in [9.17, 15) is 14.9 Å². The summed E-state index contributed by atoms with van der Waals surface area (Å²) in [6.07, 6.45) is 0.381. The third-order valence-electron chi connectivity index (χ3n) is 4.15. The van der Waals surface area contributed by atoms with E-state index >= 15 is 0 Å². The van der Waals surface area contributed by atoms with Crippen molar-refractivity contribution in [2.45, 2.75) is 18.6 Å². The number of carbonyl (C=O) groups excluding carboxylic acids is 2. The normalized spacial score (nSPS) is 18.3. The Morgan fingerprint density at radius 2 is 2.04 bits per heavy atom. The number of thioether (sulfide) groups is 1. The Morgan fingerprint density at radius 3 is 2.67 bits per heavy atom. The van der Waals surface area contributed by atoms with Crippen molar-refractivity contribution in [3.05, 3.63) is 75.3 Å². The quantitative estimate of drug-likeness (QED) is 0.631. The van der Waals surface area contributed by atoms with Crippen LogP contribution in [-0.2, 0) is 16.0 Å². The van der Waals surface area contributed by atoms with Gasteiger partial charge in [0.05, 0.1) is 5.25 Å². The number of halogens is 1. The summed E-state index contributed by atoms with van der Waals surface area (Å²) in [5, 5.41) is 9.72. The van der Waals surface area contributed by atoms with Gasteiger partial charge in [-0.05, 0) is 42.7 Å². The van der Waals surface area contributed by atoms with E-state index in [1.807, 2.05) is 49.4 Å². The van der Waals surface area contributed by atoms with Gasteiger partial charge in [0.15, 0.2) is 0 Å². The van der Waals surface area contributed by atoms with Crippen LogP contribution < -0.4 is 10.6 Å². The highest BCUT2D eigenvalue weighted by molar-refractivity contribution is 8.05. The number of anilines is 1. The van der Waals surface area contributed by atoms with Crippen molar-refractivity contribution < 1.29 is 9.59 Å². The van der Waals surface area contributed by atoms with Crippen molar-refractivity contribution in [1.82, 2.24) is 0 Å². The summed E-state index contributed by atoms with van der Waals surface area (Å²) in [4.78, 5) is 26.3. The van der Waals surface area contributed by atoms with Crippen LogP contribution in [0.25, 0.3) is 0 Å². The number of aryl methyl sites for hydroxylation is 1. The number of primary amides is 1. The summed E-state index contributed by atoms with van der Waals surface area (Å²) in [7, 11) is 0. The molecule has 0 aromatic heterocycles. The molecule has 1 atom stereocenters. The maximum atomic E-state index is 13.2. The first-order valence-electron chi connectivity index (χ1n) is 8.17. The summed E-state index contributed by atoms with van der Waals surface area (Å²) >= 11 is 7.39. The molecule has 0 unspecified atom stereocenters. The third-order valence-corrected chi connectivity index (χ3v) is 5.78. The summed E-state index contributed by atoms with van der Waals surface area (Å²) in [6, 6.07) is 16.4. The molecule has 27 heavy (non-hydrogen) atoms. The average Bonchev–Trinajstić information content (AvgIpc) is 2.93. The molecule has 1 fully saturated rings. The first-order chi connectivity index (χ1) is 12.9. The maximum absolute atomic E-state index is 13.2. The van der Waals surface area contributed by atoms with Gasteiger partial charge in [0.2, 0.25) is 5.91 Å². The van der Waals surface area contributed by atoms with Crippen LogP contribution >= 0.6 is 23.4 Å². The lowest BCUT2D eigenvalue weighted by atomic mass is 10.1. The lowest BCUT2D eigenvalue weighted by Crippen LogP contribution is -2.31. The fraction of sp³-hybridized carbons (Fsp3) is 0.150. The molecule has 1 heterocycles. The van der Waals surface area contributed by atoms with Crippen LogP contribution in [0.5, 0.6) is 0 Å². The SMILES string of the molecule is Cc1cccc(N2C(=O)[C@@H](Cc3ccccc3Cl)S/C2=C(/C#N)C(N)=O)c1. The Bertz CT molecular complexity index is 997. The minimum atomic E-state index is -0.858. The second-order valence-electron chi connectivity index (χ2n) is 6.07. The van der Waals surface area contributed by atoms with E-state index < -0.39 is 11.2 Å². The number of benzene rings is 2. The number of hydrogen-bond donors (Lipinski definition) is 1. The van der Waals surface area contributed by atoms with E-state index in [4.69, 9.17) is 17.3 Å². The minimum absolute atomic E-state index is 0.213. The largest absolute Gasteiger partial charge is 0.365 e. The molecule has 0 spiro atoms. The molecule has 5 nitrogen and oxygen atoms in total. The zero-order valence-electron chi connectivity index (χ0n) is 14.5. The lowest BCUT2D eigenvalue weighted by molar-refractivity contribution is -0.117. The van der Waals surface area contributed by atoms with Gasteiger partial charge in [0, 0.05) is 10.7 Å². The van der Waals surface area contributed by atoms with Gasteiger partial charge in [-0.3, -0.25) is 14.5 Å². The van der Waals surface area contributed by atoms with E-state index in [-0.39, 0.29) is 16.5 Å². The Hall–Kier alpha value is -2.75. The van der Waals surface area contributed by atoms with Gasteiger partial charge >= 0.3 is 0 Å². The first-order valence-corrected chi connectivity index (χ1v) is 9.43. The van der Waals surface area contributed by atoms with Crippen LogP contribution in [-0.4, -0.2) is 17.1 Å². The third kappa shape index (κ3) is 3.85. The highest BCUT2D eigenvalue weighted by Gasteiger charge is 2.40. The van der Waals surface area contributed by atoms with Gasteiger partial charge in [-0.1, -0.05) is 53.7 Å². The van der Waals surface area contributed by atoms with Crippen molar-refractivity contribution in [3.8, 4) is 6.07 Å². The van der Waals surface area contributed by atoms with Crippen molar-refractivity contribution in [2.24, 2.45) is 5.73 Å². The van der Waals surface area contributed by atoms with Crippen LogP contribution in [0.2, 0.25) is 5.02 Å². The minimum Gasteiger partial charge on any atom is -0.365 e. The van der Waals surface area contributed by atoms with Gasteiger partial charge in [-0.25, -0.2) is 0 Å². The maximum Gasteiger partial charge on any atom is 0.262 e. The Morgan fingerprint density at radius 1 is 1.30 bits per heavy atom. The molecule has 1 aliphatic rings. The molecule has 1 saturated heterocycles. The van der Waals surface area contributed by atoms with Gasteiger partial charge in [0.1, 0.15) is 16.7 Å². The van der Waals surface area contributed by atoms with E-state index in [0.29, 0.717) is 17.1 Å². The van der Waals surface area contributed by atoms with Crippen LogP contribution in [0.1, 0.15) is 11.1 Å². The predicted octanol–water partition coefficient (Wildman–Crippen LogP) is 3.56. The molecule has 3 rings (SSSR count). The topological polar surface area (TPSA) is 87.2 Å². The summed E-state index contributed by atoms with van der Waals surface area (Å²) < 4.78 is 0. The van der Waals surface area contributed by atoms with Gasteiger partial charge < -0.3 is 5.73 Å². The molecule has 0 saturated carbocycles. The van der Waals surface area contributed by atoms with Crippen LogP contribution in [0.15, 0.2) is 59.1 Å². The Balaban J connectivity index is 2.06. The standard InChI is InChI=1S/C20H16ClN3O2S/c1-12-5-4-7-14(9-12)24-19(26)17(10-13-6-2-3-8-16(13)21)27-20(24)15(11-22)18(23)25/h2-9,17H,10H2,1H3,(H2,23,25)/b20-15-/t17-/m1/s1. The monoisotopic (exact) mass is 397 g/mol. The smallest absolute Gasteiger partial charge is 0.262 e. The zero-order chi connectivity index (χ0) is 19.6. The number of hydrogen-bond acceptors (Lipinski definition) is 4. The number of amides is 2.